The molecule has 2 saturated carbocycles. The Kier molecular flexibility index (Phi) is 7.51. The normalized spacial score (nSPS) is 27.5. The molecular weight excluding hydrogens is 264 g/mol. The van der Waals surface area contributed by atoms with Crippen molar-refractivity contribution in [3.8, 4) is 0 Å². The van der Waals surface area contributed by atoms with Gasteiger partial charge >= 0.3 is 0 Å². The number of hydrogen-bond acceptors (Lipinski definition) is 3. The molecule has 0 aliphatic heterocycles. The Morgan fingerprint density at radius 3 is 2.38 bits per heavy atom. The number of carbonyl (C=O) groups excluding carboxylic acids is 1. The van der Waals surface area contributed by atoms with E-state index in [1.807, 2.05) is 0 Å². The van der Waals surface area contributed by atoms with Crippen molar-refractivity contribution in [2.75, 3.05) is 13.2 Å². The summed E-state index contributed by atoms with van der Waals surface area (Å²) in [6.45, 7) is 3.56. The lowest BCUT2D eigenvalue weighted by Gasteiger charge is -2.29. The van der Waals surface area contributed by atoms with Crippen molar-refractivity contribution < 1.29 is 9.53 Å². The molecule has 0 saturated heterocycles. The highest BCUT2D eigenvalue weighted by Crippen LogP contribution is 2.21. The molecule has 0 spiro atoms. The van der Waals surface area contributed by atoms with Gasteiger partial charge in [0.2, 0.25) is 5.91 Å². The van der Waals surface area contributed by atoms with Gasteiger partial charge in [-0.25, -0.2) is 0 Å². The van der Waals surface area contributed by atoms with Crippen molar-refractivity contribution in [2.45, 2.75) is 89.3 Å². The molecule has 0 heterocycles. The molecule has 0 atom stereocenters. The smallest absolute Gasteiger partial charge is 0.246 e. The second-order valence-electron chi connectivity index (χ2n) is 6.64. The van der Waals surface area contributed by atoms with Crippen molar-refractivity contribution in [1.29, 1.82) is 0 Å². The summed E-state index contributed by atoms with van der Waals surface area (Å²) in [6, 6.07) is 1.05. The Balaban J connectivity index is 1.55. The molecule has 2 aliphatic carbocycles. The van der Waals surface area contributed by atoms with Crippen LogP contribution < -0.4 is 10.6 Å². The van der Waals surface area contributed by atoms with Gasteiger partial charge in [-0.2, -0.15) is 0 Å². The summed E-state index contributed by atoms with van der Waals surface area (Å²) in [7, 11) is 0. The van der Waals surface area contributed by atoms with E-state index in [9.17, 15) is 4.79 Å². The second kappa shape index (κ2) is 9.42. The van der Waals surface area contributed by atoms with Gasteiger partial charge in [0.05, 0.1) is 6.10 Å². The molecule has 2 rings (SSSR count). The van der Waals surface area contributed by atoms with E-state index in [1.54, 1.807) is 0 Å². The first-order valence-electron chi connectivity index (χ1n) is 8.92. The third-order valence-corrected chi connectivity index (χ3v) is 4.78. The molecule has 2 fully saturated rings. The SMILES string of the molecule is CCCNC1CCC(OCC(=O)NC2CCCCC2)CC1. The van der Waals surface area contributed by atoms with Gasteiger partial charge in [-0.1, -0.05) is 26.2 Å². The predicted octanol–water partition coefficient (Wildman–Crippen LogP) is 2.76. The lowest BCUT2D eigenvalue weighted by atomic mass is 9.93. The largest absolute Gasteiger partial charge is 0.368 e. The van der Waals surface area contributed by atoms with E-state index in [-0.39, 0.29) is 18.6 Å². The fourth-order valence-corrected chi connectivity index (χ4v) is 3.49. The van der Waals surface area contributed by atoms with Crippen molar-refractivity contribution in [2.24, 2.45) is 0 Å². The summed E-state index contributed by atoms with van der Waals surface area (Å²) in [4.78, 5) is 11.9. The lowest BCUT2D eigenvalue weighted by Crippen LogP contribution is -2.40. The number of nitrogens with one attached hydrogen (secondary N) is 2. The van der Waals surface area contributed by atoms with Crippen molar-refractivity contribution in [1.82, 2.24) is 10.6 Å². The van der Waals surface area contributed by atoms with Crippen LogP contribution in [-0.4, -0.2) is 37.2 Å². The van der Waals surface area contributed by atoms with Crippen LogP contribution >= 0.6 is 0 Å². The predicted molar refractivity (Wildman–Crippen MR) is 85.3 cm³/mol. The van der Waals surface area contributed by atoms with Crippen LogP contribution in [0.15, 0.2) is 0 Å². The maximum Gasteiger partial charge on any atom is 0.246 e. The molecule has 1 amide bonds. The summed E-state index contributed by atoms with van der Waals surface area (Å²) in [6.07, 6.45) is 12.1. The molecule has 0 bridgehead atoms. The fourth-order valence-electron chi connectivity index (χ4n) is 3.49. The summed E-state index contributed by atoms with van der Waals surface area (Å²) in [5.74, 6) is 0.0770. The highest BCUT2D eigenvalue weighted by atomic mass is 16.5. The summed E-state index contributed by atoms with van der Waals surface area (Å²) in [5, 5.41) is 6.69. The van der Waals surface area contributed by atoms with Crippen molar-refractivity contribution in [3.05, 3.63) is 0 Å². The van der Waals surface area contributed by atoms with Gasteiger partial charge in [-0.05, 0) is 51.5 Å². The quantitative estimate of drug-likeness (QED) is 0.759. The first-order valence-corrected chi connectivity index (χ1v) is 8.92. The van der Waals surface area contributed by atoms with Gasteiger partial charge in [0.1, 0.15) is 6.61 Å². The summed E-state index contributed by atoms with van der Waals surface area (Å²) < 4.78 is 5.80. The van der Waals surface area contributed by atoms with E-state index in [4.69, 9.17) is 4.74 Å². The fraction of sp³-hybridized carbons (Fsp3) is 0.941. The summed E-state index contributed by atoms with van der Waals surface area (Å²) in [5.41, 5.74) is 0. The lowest BCUT2D eigenvalue weighted by molar-refractivity contribution is -0.129. The molecular formula is C17H32N2O2. The van der Waals surface area contributed by atoms with Crippen molar-refractivity contribution >= 4 is 5.91 Å². The number of hydrogen-bond donors (Lipinski definition) is 2. The summed E-state index contributed by atoms with van der Waals surface area (Å²) >= 11 is 0. The van der Waals surface area contributed by atoms with E-state index in [2.05, 4.69) is 17.6 Å². The van der Waals surface area contributed by atoms with Gasteiger partial charge in [-0.3, -0.25) is 4.79 Å². The molecule has 2 aliphatic rings. The van der Waals surface area contributed by atoms with Crippen LogP contribution in [0.25, 0.3) is 0 Å². The Morgan fingerprint density at radius 1 is 1.00 bits per heavy atom. The number of amides is 1. The van der Waals surface area contributed by atoms with E-state index < -0.39 is 0 Å². The molecule has 122 valence electrons. The molecule has 0 unspecified atom stereocenters. The Bertz CT molecular complexity index is 295. The number of rotatable bonds is 7. The topological polar surface area (TPSA) is 50.4 Å². The molecule has 0 aromatic heterocycles. The highest BCUT2D eigenvalue weighted by Gasteiger charge is 2.22. The zero-order valence-electron chi connectivity index (χ0n) is 13.5. The third kappa shape index (κ3) is 6.35. The average molecular weight is 296 g/mol. The number of ether oxygens (including phenoxy) is 1. The van der Waals surface area contributed by atoms with Gasteiger partial charge in [-0.15, -0.1) is 0 Å². The standard InChI is InChI=1S/C17H32N2O2/c1-2-12-18-14-8-10-16(11-9-14)21-13-17(20)19-15-6-4-3-5-7-15/h14-16,18H,2-13H2,1H3,(H,19,20). The maximum atomic E-state index is 11.9. The van der Waals surface area contributed by atoms with E-state index >= 15 is 0 Å². The van der Waals surface area contributed by atoms with Gasteiger partial charge in [0.25, 0.3) is 0 Å². The second-order valence-corrected chi connectivity index (χ2v) is 6.64. The maximum absolute atomic E-state index is 11.9. The Hall–Kier alpha value is -0.610. The first kappa shape index (κ1) is 16.8. The zero-order valence-corrected chi connectivity index (χ0v) is 13.5. The van der Waals surface area contributed by atoms with Crippen LogP contribution in [0.4, 0.5) is 0 Å². The minimum atomic E-state index is 0.0770. The van der Waals surface area contributed by atoms with Crippen LogP contribution in [0.3, 0.4) is 0 Å². The van der Waals surface area contributed by atoms with E-state index in [0.717, 1.165) is 32.2 Å². The molecule has 0 aromatic rings. The molecule has 2 N–H and O–H groups in total. The highest BCUT2D eigenvalue weighted by molar-refractivity contribution is 5.77. The van der Waals surface area contributed by atoms with Crippen LogP contribution in [-0.2, 0) is 9.53 Å². The Morgan fingerprint density at radius 2 is 1.71 bits per heavy atom. The van der Waals surface area contributed by atoms with Crippen LogP contribution in [0.2, 0.25) is 0 Å². The average Bonchev–Trinajstić information content (AvgIpc) is 2.53. The van der Waals surface area contributed by atoms with E-state index in [1.165, 1.54) is 38.5 Å². The minimum Gasteiger partial charge on any atom is -0.368 e. The van der Waals surface area contributed by atoms with Gasteiger partial charge in [0, 0.05) is 12.1 Å². The first-order chi connectivity index (χ1) is 10.3. The zero-order chi connectivity index (χ0) is 14.9. The molecule has 21 heavy (non-hydrogen) atoms. The monoisotopic (exact) mass is 296 g/mol. The van der Waals surface area contributed by atoms with Crippen molar-refractivity contribution in [3.63, 3.8) is 0 Å². The third-order valence-electron chi connectivity index (χ3n) is 4.78. The van der Waals surface area contributed by atoms with E-state index in [0.29, 0.717) is 12.1 Å². The molecule has 0 aromatic carbocycles. The molecule has 0 radical (unpaired) electrons. The molecule has 4 nitrogen and oxygen atoms in total. The van der Waals surface area contributed by atoms with Gasteiger partial charge in [0.15, 0.2) is 0 Å². The minimum absolute atomic E-state index is 0.0770. The van der Waals surface area contributed by atoms with Gasteiger partial charge < -0.3 is 15.4 Å². The van der Waals surface area contributed by atoms with Crippen LogP contribution in [0, 0.1) is 0 Å². The van der Waals surface area contributed by atoms with Crippen LogP contribution in [0.1, 0.15) is 71.1 Å². The Labute approximate surface area is 129 Å². The number of carbonyl (C=O) groups is 1. The molecule has 4 heteroatoms. The van der Waals surface area contributed by atoms with Crippen LogP contribution in [0.5, 0.6) is 0 Å².